The first-order valence-corrected chi connectivity index (χ1v) is 5.72. The van der Waals surface area contributed by atoms with E-state index in [0.717, 1.165) is 24.4 Å². The molecule has 3 nitrogen and oxygen atoms in total. The highest BCUT2D eigenvalue weighted by atomic mass is 15.1. The topological polar surface area (TPSA) is 37.8 Å². The van der Waals surface area contributed by atoms with Crippen molar-refractivity contribution in [2.24, 2.45) is 0 Å². The third-order valence-electron chi connectivity index (χ3n) is 2.79. The molecule has 0 aliphatic heterocycles. The molecule has 0 fully saturated rings. The lowest BCUT2D eigenvalue weighted by Crippen LogP contribution is -2.33. The lowest BCUT2D eigenvalue weighted by Gasteiger charge is -2.22. The zero-order valence-electron chi connectivity index (χ0n) is 10.1. The molecule has 2 unspecified atom stereocenters. The second-order valence-electron chi connectivity index (χ2n) is 3.96. The van der Waals surface area contributed by atoms with Gasteiger partial charge in [0.2, 0.25) is 0 Å². The molecule has 1 N–H and O–H groups in total. The van der Waals surface area contributed by atoms with Crippen LogP contribution in [0.25, 0.3) is 0 Å². The Morgan fingerprint density at radius 1 is 1.27 bits per heavy atom. The van der Waals surface area contributed by atoms with E-state index >= 15 is 0 Å². The Morgan fingerprint density at radius 3 is 2.47 bits per heavy atom. The van der Waals surface area contributed by atoms with Gasteiger partial charge in [-0.15, -0.1) is 0 Å². The third-order valence-corrected chi connectivity index (χ3v) is 2.79. The standard InChI is InChI=1S/C12H21N3/c1-5-11(13-6-2)10(4)12-8-7-9(3)14-15-12/h7-8,10-11,13H,5-6H2,1-4H3. The third kappa shape index (κ3) is 3.27. The fourth-order valence-corrected chi connectivity index (χ4v) is 1.80. The van der Waals surface area contributed by atoms with Gasteiger partial charge >= 0.3 is 0 Å². The largest absolute Gasteiger partial charge is 0.314 e. The van der Waals surface area contributed by atoms with Gasteiger partial charge in [-0.2, -0.15) is 10.2 Å². The van der Waals surface area contributed by atoms with Gasteiger partial charge in [0, 0.05) is 12.0 Å². The maximum absolute atomic E-state index is 4.24. The summed E-state index contributed by atoms with van der Waals surface area (Å²) in [7, 11) is 0. The van der Waals surface area contributed by atoms with Crippen LogP contribution in [-0.4, -0.2) is 22.8 Å². The molecule has 15 heavy (non-hydrogen) atoms. The molecular weight excluding hydrogens is 186 g/mol. The molecule has 0 aromatic carbocycles. The molecule has 84 valence electrons. The maximum Gasteiger partial charge on any atom is 0.0674 e. The van der Waals surface area contributed by atoms with Gasteiger partial charge in [-0.1, -0.05) is 20.8 Å². The van der Waals surface area contributed by atoms with Crippen LogP contribution in [0.5, 0.6) is 0 Å². The average molecular weight is 207 g/mol. The quantitative estimate of drug-likeness (QED) is 0.805. The predicted molar refractivity (Wildman–Crippen MR) is 62.9 cm³/mol. The minimum absolute atomic E-state index is 0.419. The second kappa shape index (κ2) is 5.81. The number of aromatic nitrogens is 2. The summed E-state index contributed by atoms with van der Waals surface area (Å²) >= 11 is 0. The van der Waals surface area contributed by atoms with Crippen molar-refractivity contribution >= 4 is 0 Å². The van der Waals surface area contributed by atoms with E-state index in [-0.39, 0.29) is 0 Å². The number of aryl methyl sites for hydroxylation is 1. The number of rotatable bonds is 5. The van der Waals surface area contributed by atoms with Gasteiger partial charge in [0.05, 0.1) is 11.4 Å². The van der Waals surface area contributed by atoms with Crippen molar-refractivity contribution in [3.63, 3.8) is 0 Å². The first-order valence-electron chi connectivity index (χ1n) is 5.72. The minimum atomic E-state index is 0.419. The molecule has 1 heterocycles. The van der Waals surface area contributed by atoms with Crippen LogP contribution in [0, 0.1) is 6.92 Å². The molecule has 0 radical (unpaired) electrons. The number of hydrogen-bond acceptors (Lipinski definition) is 3. The Hall–Kier alpha value is -0.960. The highest BCUT2D eigenvalue weighted by Crippen LogP contribution is 2.18. The molecule has 0 bridgehead atoms. The van der Waals surface area contributed by atoms with Crippen LogP contribution < -0.4 is 5.32 Å². The molecule has 3 heteroatoms. The Balaban J connectivity index is 2.73. The van der Waals surface area contributed by atoms with Crippen molar-refractivity contribution in [3.8, 4) is 0 Å². The summed E-state index contributed by atoms with van der Waals surface area (Å²) in [5.41, 5.74) is 2.05. The van der Waals surface area contributed by atoms with Crippen molar-refractivity contribution in [1.29, 1.82) is 0 Å². The summed E-state index contributed by atoms with van der Waals surface area (Å²) in [5.74, 6) is 0.419. The van der Waals surface area contributed by atoms with E-state index in [1.807, 2.05) is 13.0 Å². The van der Waals surface area contributed by atoms with Crippen molar-refractivity contribution < 1.29 is 0 Å². The fraction of sp³-hybridized carbons (Fsp3) is 0.667. The summed E-state index contributed by atoms with van der Waals surface area (Å²) in [6.07, 6.45) is 1.12. The van der Waals surface area contributed by atoms with Crippen LogP contribution in [0.1, 0.15) is 44.5 Å². The Kier molecular flexibility index (Phi) is 4.69. The molecule has 0 aliphatic carbocycles. The zero-order valence-corrected chi connectivity index (χ0v) is 10.1. The van der Waals surface area contributed by atoms with E-state index in [1.165, 1.54) is 0 Å². The summed E-state index contributed by atoms with van der Waals surface area (Å²) in [5, 5.41) is 11.8. The van der Waals surface area contributed by atoms with Crippen LogP contribution in [0.15, 0.2) is 12.1 Å². The van der Waals surface area contributed by atoms with Crippen LogP contribution in [-0.2, 0) is 0 Å². The molecular formula is C12H21N3. The van der Waals surface area contributed by atoms with Gasteiger partial charge in [0.1, 0.15) is 0 Å². The molecule has 1 rings (SSSR count). The van der Waals surface area contributed by atoms with Gasteiger partial charge < -0.3 is 5.32 Å². The highest BCUT2D eigenvalue weighted by molar-refractivity contribution is 5.11. The van der Waals surface area contributed by atoms with Crippen LogP contribution in [0.4, 0.5) is 0 Å². The molecule has 0 saturated heterocycles. The van der Waals surface area contributed by atoms with Crippen molar-refractivity contribution in [2.75, 3.05) is 6.54 Å². The second-order valence-corrected chi connectivity index (χ2v) is 3.96. The number of hydrogen-bond donors (Lipinski definition) is 1. The van der Waals surface area contributed by atoms with E-state index in [1.54, 1.807) is 0 Å². The molecule has 0 saturated carbocycles. The zero-order chi connectivity index (χ0) is 11.3. The first-order chi connectivity index (χ1) is 7.19. The number of likely N-dealkylation sites (N-methyl/N-ethyl adjacent to an activating group) is 1. The van der Waals surface area contributed by atoms with Crippen LogP contribution in [0.2, 0.25) is 0 Å². The number of nitrogens with zero attached hydrogens (tertiary/aromatic N) is 2. The molecule has 0 amide bonds. The Bertz CT molecular complexity index is 281. The van der Waals surface area contributed by atoms with Crippen LogP contribution in [0.3, 0.4) is 0 Å². The highest BCUT2D eigenvalue weighted by Gasteiger charge is 2.17. The molecule has 2 atom stereocenters. The minimum Gasteiger partial charge on any atom is -0.314 e. The van der Waals surface area contributed by atoms with E-state index in [4.69, 9.17) is 0 Å². The smallest absolute Gasteiger partial charge is 0.0674 e. The van der Waals surface area contributed by atoms with Gasteiger partial charge in [-0.3, -0.25) is 0 Å². The van der Waals surface area contributed by atoms with E-state index in [9.17, 15) is 0 Å². The monoisotopic (exact) mass is 207 g/mol. The normalized spacial score (nSPS) is 14.9. The lowest BCUT2D eigenvalue weighted by atomic mass is 9.96. The van der Waals surface area contributed by atoms with E-state index < -0.39 is 0 Å². The summed E-state index contributed by atoms with van der Waals surface area (Å²) in [6.45, 7) is 9.50. The van der Waals surface area contributed by atoms with Crippen LogP contribution >= 0.6 is 0 Å². The SMILES string of the molecule is CCNC(CC)C(C)c1ccc(C)nn1. The Morgan fingerprint density at radius 2 is 2.00 bits per heavy atom. The van der Waals surface area contributed by atoms with Crippen molar-refractivity contribution in [3.05, 3.63) is 23.5 Å². The molecule has 0 spiro atoms. The van der Waals surface area contributed by atoms with Crippen molar-refractivity contribution in [1.82, 2.24) is 15.5 Å². The first kappa shape index (κ1) is 12.1. The molecule has 0 aliphatic rings. The van der Waals surface area contributed by atoms with E-state index in [0.29, 0.717) is 12.0 Å². The average Bonchev–Trinajstić information content (AvgIpc) is 2.26. The Labute approximate surface area is 92.3 Å². The predicted octanol–water partition coefficient (Wildman–Crippen LogP) is 2.28. The van der Waals surface area contributed by atoms with Gasteiger partial charge in [0.15, 0.2) is 0 Å². The summed E-state index contributed by atoms with van der Waals surface area (Å²) in [6, 6.07) is 4.59. The van der Waals surface area contributed by atoms with Gasteiger partial charge in [-0.25, -0.2) is 0 Å². The van der Waals surface area contributed by atoms with Gasteiger partial charge in [-0.05, 0) is 32.0 Å². The van der Waals surface area contributed by atoms with E-state index in [2.05, 4.69) is 42.4 Å². The number of nitrogens with one attached hydrogen (secondary N) is 1. The fourth-order valence-electron chi connectivity index (χ4n) is 1.80. The van der Waals surface area contributed by atoms with Crippen molar-refractivity contribution in [2.45, 2.75) is 46.1 Å². The van der Waals surface area contributed by atoms with Gasteiger partial charge in [0.25, 0.3) is 0 Å². The molecule has 1 aromatic heterocycles. The summed E-state index contributed by atoms with van der Waals surface area (Å²) < 4.78 is 0. The maximum atomic E-state index is 4.24. The molecule has 1 aromatic rings. The lowest BCUT2D eigenvalue weighted by molar-refractivity contribution is 0.440. The summed E-state index contributed by atoms with van der Waals surface area (Å²) in [4.78, 5) is 0.